The number of hydrogen-bond acceptors (Lipinski definition) is 3. The van der Waals surface area contributed by atoms with E-state index in [9.17, 15) is 18.0 Å². The van der Waals surface area contributed by atoms with Gasteiger partial charge in [0.2, 0.25) is 0 Å². The molecular weight excluding hydrogens is 393 g/mol. The van der Waals surface area contributed by atoms with E-state index >= 15 is 0 Å². The summed E-state index contributed by atoms with van der Waals surface area (Å²) in [5, 5.41) is 0. The Morgan fingerprint density at radius 2 is 1.74 bits per heavy atom. The highest BCUT2D eigenvalue weighted by Gasteiger charge is 2.33. The number of alkyl halides is 3. The maximum atomic E-state index is 12.9. The fourth-order valence-corrected chi connectivity index (χ4v) is 3.12. The van der Waals surface area contributed by atoms with Gasteiger partial charge in [0.15, 0.2) is 0 Å². The van der Waals surface area contributed by atoms with Crippen molar-refractivity contribution in [1.29, 1.82) is 0 Å². The molecule has 0 aliphatic carbocycles. The van der Waals surface area contributed by atoms with Crippen molar-refractivity contribution in [2.24, 2.45) is 0 Å². The van der Waals surface area contributed by atoms with E-state index in [1.54, 1.807) is 37.3 Å². The third-order valence-corrected chi connectivity index (χ3v) is 4.53. The van der Waals surface area contributed by atoms with E-state index in [0.29, 0.717) is 10.5 Å². The molecule has 0 radical (unpaired) electrons. The molecule has 7 heteroatoms. The van der Waals surface area contributed by atoms with Gasteiger partial charge in [0.05, 0.1) is 17.7 Å². The molecule has 0 aromatic heterocycles. The predicted molar refractivity (Wildman–Crippen MR) is 85.7 cm³/mol. The zero-order chi connectivity index (χ0) is 17.0. The third kappa shape index (κ3) is 4.75. The minimum Gasteiger partial charge on any atom is -0.462 e. The summed E-state index contributed by atoms with van der Waals surface area (Å²) in [5.41, 5.74) is -0.311. The highest BCUT2D eigenvalue weighted by Crippen LogP contribution is 2.38. The molecule has 0 amide bonds. The van der Waals surface area contributed by atoms with E-state index in [0.717, 1.165) is 11.0 Å². The quantitative estimate of drug-likeness (QED) is 0.602. The summed E-state index contributed by atoms with van der Waals surface area (Å²) < 4.78 is 43.6. The van der Waals surface area contributed by atoms with Crippen LogP contribution in [0.2, 0.25) is 0 Å². The van der Waals surface area contributed by atoms with Crippen LogP contribution in [0.25, 0.3) is 0 Å². The molecule has 0 aliphatic heterocycles. The van der Waals surface area contributed by atoms with Gasteiger partial charge in [-0.3, -0.25) is 0 Å². The molecule has 0 N–H and O–H groups in total. The third-order valence-electron chi connectivity index (χ3n) is 2.84. The first-order valence-electron chi connectivity index (χ1n) is 6.63. The fraction of sp³-hybridized carbons (Fsp3) is 0.188. The first-order valence-corrected chi connectivity index (χ1v) is 8.24. The van der Waals surface area contributed by atoms with Gasteiger partial charge in [-0.15, -0.1) is 0 Å². The number of hydrogen-bond donors (Lipinski definition) is 0. The summed E-state index contributed by atoms with van der Waals surface area (Å²) in [6.45, 7) is 2.00. The summed E-state index contributed by atoms with van der Waals surface area (Å²) in [4.78, 5) is 12.7. The number of carbonyl (C=O) groups excluding carboxylic acids is 1. The molecule has 0 saturated carbocycles. The van der Waals surface area contributed by atoms with Crippen LogP contribution in [-0.2, 0) is 10.9 Å². The Balaban J connectivity index is 2.18. The van der Waals surface area contributed by atoms with E-state index in [1.165, 1.54) is 17.8 Å². The van der Waals surface area contributed by atoms with Crippen LogP contribution in [0.4, 0.5) is 13.2 Å². The van der Waals surface area contributed by atoms with Crippen molar-refractivity contribution in [1.82, 2.24) is 0 Å². The van der Waals surface area contributed by atoms with Gasteiger partial charge in [0.1, 0.15) is 0 Å². The van der Waals surface area contributed by atoms with Gasteiger partial charge in [0, 0.05) is 14.3 Å². The fourth-order valence-electron chi connectivity index (χ4n) is 1.79. The maximum Gasteiger partial charge on any atom is 0.417 e. The van der Waals surface area contributed by atoms with Crippen LogP contribution < -0.4 is 0 Å². The Hall–Kier alpha value is -1.47. The van der Waals surface area contributed by atoms with E-state index < -0.39 is 17.7 Å². The van der Waals surface area contributed by atoms with E-state index in [2.05, 4.69) is 15.9 Å². The average Bonchev–Trinajstić information content (AvgIpc) is 2.49. The highest BCUT2D eigenvalue weighted by molar-refractivity contribution is 9.10. The lowest BCUT2D eigenvalue weighted by molar-refractivity contribution is -0.138. The lowest BCUT2D eigenvalue weighted by atomic mass is 10.2. The number of benzene rings is 2. The van der Waals surface area contributed by atoms with Crippen molar-refractivity contribution in [2.45, 2.75) is 22.9 Å². The first-order chi connectivity index (χ1) is 10.8. The molecule has 122 valence electrons. The average molecular weight is 405 g/mol. The van der Waals surface area contributed by atoms with Gasteiger partial charge in [-0.1, -0.05) is 27.7 Å². The number of halogens is 4. The maximum absolute atomic E-state index is 12.9. The molecule has 2 rings (SSSR count). The van der Waals surface area contributed by atoms with Crippen LogP contribution in [0.3, 0.4) is 0 Å². The van der Waals surface area contributed by atoms with Gasteiger partial charge >= 0.3 is 12.1 Å². The summed E-state index contributed by atoms with van der Waals surface area (Å²) in [5.74, 6) is -0.424. The van der Waals surface area contributed by atoms with E-state index in [4.69, 9.17) is 4.74 Å². The molecule has 23 heavy (non-hydrogen) atoms. The Morgan fingerprint density at radius 1 is 1.13 bits per heavy atom. The minimum absolute atomic E-state index is 0.00649. The molecule has 0 atom stereocenters. The van der Waals surface area contributed by atoms with Crippen molar-refractivity contribution in [3.05, 3.63) is 58.1 Å². The standard InChI is InChI=1S/C16H12BrF3O2S/c1-2-22-15(21)10-3-5-11(6-4-10)23-12-7-8-14(17)13(9-12)16(18,19)20/h3-9H,2H2,1H3. The molecule has 0 heterocycles. The molecule has 0 fully saturated rings. The second kappa shape index (κ2) is 7.40. The Labute approximate surface area is 144 Å². The zero-order valence-corrected chi connectivity index (χ0v) is 14.4. The molecular formula is C16H12BrF3O2S. The molecule has 0 bridgehead atoms. The van der Waals surface area contributed by atoms with E-state index in [-0.39, 0.29) is 11.1 Å². The van der Waals surface area contributed by atoms with Crippen molar-refractivity contribution in [3.63, 3.8) is 0 Å². The van der Waals surface area contributed by atoms with Gasteiger partial charge < -0.3 is 4.74 Å². The van der Waals surface area contributed by atoms with Crippen LogP contribution in [0.1, 0.15) is 22.8 Å². The summed E-state index contributed by atoms with van der Waals surface area (Å²) in [6.07, 6.45) is -4.41. The van der Waals surface area contributed by atoms with Crippen LogP contribution in [0, 0.1) is 0 Å². The lowest BCUT2D eigenvalue weighted by Crippen LogP contribution is -2.06. The number of carbonyl (C=O) groups is 1. The second-order valence-corrected chi connectivity index (χ2v) is 6.49. The SMILES string of the molecule is CCOC(=O)c1ccc(Sc2ccc(Br)c(C(F)(F)F)c2)cc1. The van der Waals surface area contributed by atoms with Crippen LogP contribution >= 0.6 is 27.7 Å². The van der Waals surface area contributed by atoms with Crippen molar-refractivity contribution in [3.8, 4) is 0 Å². The summed E-state index contributed by atoms with van der Waals surface area (Å²) in [6, 6.07) is 10.6. The lowest BCUT2D eigenvalue weighted by Gasteiger charge is -2.11. The smallest absolute Gasteiger partial charge is 0.417 e. The summed E-state index contributed by atoms with van der Waals surface area (Å²) in [7, 11) is 0. The molecule has 0 unspecified atom stereocenters. The molecule has 0 saturated heterocycles. The topological polar surface area (TPSA) is 26.3 Å². The van der Waals surface area contributed by atoms with Crippen LogP contribution in [-0.4, -0.2) is 12.6 Å². The number of ether oxygens (including phenoxy) is 1. The largest absolute Gasteiger partial charge is 0.462 e. The van der Waals surface area contributed by atoms with Crippen LogP contribution in [0.15, 0.2) is 56.7 Å². The Bertz CT molecular complexity index is 699. The van der Waals surface area contributed by atoms with Crippen LogP contribution in [0.5, 0.6) is 0 Å². The summed E-state index contributed by atoms with van der Waals surface area (Å²) >= 11 is 4.10. The van der Waals surface area contributed by atoms with Crippen molar-refractivity contribution < 1.29 is 22.7 Å². The number of rotatable bonds is 4. The van der Waals surface area contributed by atoms with Gasteiger partial charge in [-0.2, -0.15) is 13.2 Å². The molecule has 2 aromatic rings. The molecule has 2 aromatic carbocycles. The monoisotopic (exact) mass is 404 g/mol. The molecule has 0 spiro atoms. The van der Waals surface area contributed by atoms with Crippen molar-refractivity contribution >= 4 is 33.7 Å². The zero-order valence-electron chi connectivity index (χ0n) is 12.0. The molecule has 2 nitrogen and oxygen atoms in total. The predicted octanol–water partition coefficient (Wildman–Crippen LogP) is 5.80. The van der Waals surface area contributed by atoms with Crippen molar-refractivity contribution in [2.75, 3.05) is 6.61 Å². The highest BCUT2D eigenvalue weighted by atomic mass is 79.9. The minimum atomic E-state index is -4.41. The molecule has 0 aliphatic rings. The second-order valence-electron chi connectivity index (χ2n) is 4.49. The Morgan fingerprint density at radius 3 is 2.30 bits per heavy atom. The van der Waals surface area contributed by atoms with E-state index in [1.807, 2.05) is 0 Å². The normalized spacial score (nSPS) is 11.3. The first kappa shape index (κ1) is 17.9. The van der Waals surface area contributed by atoms with Gasteiger partial charge in [-0.05, 0) is 49.4 Å². The number of esters is 1. The van der Waals surface area contributed by atoms with Gasteiger partial charge in [0.25, 0.3) is 0 Å². The Kier molecular flexibility index (Phi) is 5.75. The van der Waals surface area contributed by atoms with Gasteiger partial charge in [-0.25, -0.2) is 4.79 Å².